The highest BCUT2D eigenvalue weighted by Gasteiger charge is 2.16. The van der Waals surface area contributed by atoms with E-state index in [9.17, 15) is 4.79 Å². The normalized spacial score (nSPS) is 11.8. The minimum absolute atomic E-state index is 0.443. The van der Waals surface area contributed by atoms with E-state index in [2.05, 4.69) is 0 Å². The van der Waals surface area contributed by atoms with Gasteiger partial charge in [-0.2, -0.15) is 5.26 Å². The van der Waals surface area contributed by atoms with Crippen molar-refractivity contribution in [3.8, 4) is 6.07 Å². The lowest BCUT2D eigenvalue weighted by Gasteiger charge is -2.06. The topological polar surface area (TPSA) is 76.1 Å². The van der Waals surface area contributed by atoms with Crippen molar-refractivity contribution in [3.05, 3.63) is 15.8 Å². The third-order valence-electron chi connectivity index (χ3n) is 1.92. The molecule has 0 saturated heterocycles. The van der Waals surface area contributed by atoms with E-state index in [1.807, 2.05) is 13.0 Å². The number of rotatable bonds is 3. The van der Waals surface area contributed by atoms with Gasteiger partial charge in [-0.3, -0.25) is 0 Å². The molecule has 1 aromatic heterocycles. The van der Waals surface area contributed by atoms with Crippen molar-refractivity contribution in [2.24, 2.45) is 0 Å². The van der Waals surface area contributed by atoms with E-state index in [0.29, 0.717) is 17.0 Å². The molecule has 0 aliphatic rings. The van der Waals surface area contributed by atoms with Gasteiger partial charge in [0.1, 0.15) is 10.9 Å². The summed E-state index contributed by atoms with van der Waals surface area (Å²) in [5.41, 5.74) is 6.19. The second kappa shape index (κ2) is 4.80. The average molecular weight is 224 g/mol. The molecule has 0 aliphatic heterocycles. The maximum Gasteiger partial charge on any atom is 0.349 e. The lowest BCUT2D eigenvalue weighted by molar-refractivity contribution is 0.0407. The van der Waals surface area contributed by atoms with E-state index in [0.717, 1.165) is 4.88 Å². The molecule has 5 heteroatoms. The van der Waals surface area contributed by atoms with Crippen LogP contribution in [0.1, 0.15) is 27.9 Å². The Kier molecular flexibility index (Phi) is 3.69. The van der Waals surface area contributed by atoms with Crippen LogP contribution in [-0.2, 0) is 4.74 Å². The number of hydrogen-bond donors (Lipinski definition) is 1. The monoisotopic (exact) mass is 224 g/mol. The van der Waals surface area contributed by atoms with Crippen molar-refractivity contribution in [1.82, 2.24) is 0 Å². The third-order valence-corrected chi connectivity index (χ3v) is 2.97. The molecule has 2 N–H and O–H groups in total. The van der Waals surface area contributed by atoms with Crippen molar-refractivity contribution < 1.29 is 9.53 Å². The predicted molar refractivity (Wildman–Crippen MR) is 58.6 cm³/mol. The standard InChI is InChI=1S/C10H12N2O2S/c1-3-7(5-11)14-10(13)9-4-8(12)6(2)15-9/h4,7H,3,12H2,1-2H3. The van der Waals surface area contributed by atoms with E-state index in [-0.39, 0.29) is 0 Å². The van der Waals surface area contributed by atoms with Crippen LogP contribution in [0.15, 0.2) is 6.07 Å². The molecule has 1 unspecified atom stereocenters. The fourth-order valence-electron chi connectivity index (χ4n) is 0.985. The number of thiophene rings is 1. The Hall–Kier alpha value is -1.54. The molecule has 1 aromatic rings. The lowest BCUT2D eigenvalue weighted by Crippen LogP contribution is -2.14. The lowest BCUT2D eigenvalue weighted by atomic mass is 10.3. The van der Waals surface area contributed by atoms with E-state index in [4.69, 9.17) is 15.7 Å². The number of esters is 1. The number of hydrogen-bond acceptors (Lipinski definition) is 5. The Bertz CT molecular complexity index is 387. The summed E-state index contributed by atoms with van der Waals surface area (Å²) in [6.45, 7) is 3.62. The number of nitriles is 1. The average Bonchev–Trinajstić information content (AvgIpc) is 2.55. The first kappa shape index (κ1) is 11.5. The van der Waals surface area contributed by atoms with E-state index < -0.39 is 12.1 Å². The van der Waals surface area contributed by atoms with E-state index in [1.54, 1.807) is 13.0 Å². The summed E-state index contributed by atoms with van der Waals surface area (Å²) >= 11 is 1.28. The number of nitrogens with two attached hydrogens (primary N) is 1. The van der Waals surface area contributed by atoms with Crippen molar-refractivity contribution in [2.75, 3.05) is 5.73 Å². The van der Waals surface area contributed by atoms with Crippen molar-refractivity contribution in [3.63, 3.8) is 0 Å². The summed E-state index contributed by atoms with van der Waals surface area (Å²) in [5, 5.41) is 8.63. The van der Waals surface area contributed by atoms with E-state index >= 15 is 0 Å². The van der Waals surface area contributed by atoms with Crippen LogP contribution in [0.2, 0.25) is 0 Å². The first-order valence-electron chi connectivity index (χ1n) is 4.55. The highest BCUT2D eigenvalue weighted by Crippen LogP contribution is 2.24. The van der Waals surface area contributed by atoms with Crippen molar-refractivity contribution in [2.45, 2.75) is 26.4 Å². The van der Waals surface area contributed by atoms with Gasteiger partial charge >= 0.3 is 5.97 Å². The molecule has 80 valence electrons. The number of carbonyl (C=O) groups excluding carboxylic acids is 1. The van der Waals surface area contributed by atoms with Crippen LogP contribution in [0.5, 0.6) is 0 Å². The number of ether oxygens (including phenoxy) is 1. The largest absolute Gasteiger partial charge is 0.443 e. The van der Waals surface area contributed by atoms with Crippen LogP contribution in [0, 0.1) is 18.3 Å². The van der Waals surface area contributed by atoms with Gasteiger partial charge in [0.05, 0.1) is 0 Å². The van der Waals surface area contributed by atoms with Gasteiger partial charge in [-0.05, 0) is 19.4 Å². The first-order chi connectivity index (χ1) is 7.08. The zero-order chi connectivity index (χ0) is 11.4. The number of carbonyl (C=O) groups is 1. The molecule has 1 atom stereocenters. The van der Waals surface area contributed by atoms with Gasteiger partial charge < -0.3 is 10.5 Å². The molecule has 0 spiro atoms. The molecule has 0 saturated carbocycles. The maximum absolute atomic E-state index is 11.5. The van der Waals surface area contributed by atoms with Crippen LogP contribution in [0.25, 0.3) is 0 Å². The molecule has 4 nitrogen and oxygen atoms in total. The van der Waals surface area contributed by atoms with Crippen LogP contribution >= 0.6 is 11.3 Å². The Morgan fingerprint density at radius 1 is 1.80 bits per heavy atom. The van der Waals surface area contributed by atoms with Gasteiger partial charge in [0.25, 0.3) is 0 Å². The fraction of sp³-hybridized carbons (Fsp3) is 0.400. The SMILES string of the molecule is CCC(C#N)OC(=O)c1cc(N)c(C)s1. The van der Waals surface area contributed by atoms with Crippen LogP contribution in [-0.4, -0.2) is 12.1 Å². The second-order valence-electron chi connectivity index (χ2n) is 3.05. The molecule has 15 heavy (non-hydrogen) atoms. The molecular formula is C10H12N2O2S. The van der Waals surface area contributed by atoms with E-state index in [1.165, 1.54) is 11.3 Å². The molecular weight excluding hydrogens is 212 g/mol. The third kappa shape index (κ3) is 2.70. The first-order valence-corrected chi connectivity index (χ1v) is 5.36. The number of nitrogens with zero attached hydrogens (tertiary/aromatic N) is 1. The summed E-state index contributed by atoms with van der Waals surface area (Å²) in [5.74, 6) is -0.479. The fourth-order valence-corrected chi connectivity index (χ4v) is 1.81. The molecule has 0 radical (unpaired) electrons. The molecule has 0 bridgehead atoms. The second-order valence-corrected chi connectivity index (χ2v) is 4.31. The highest BCUT2D eigenvalue weighted by atomic mass is 32.1. The summed E-state index contributed by atoms with van der Waals surface area (Å²) < 4.78 is 4.96. The number of nitrogen functional groups attached to an aromatic ring is 1. The molecule has 0 aliphatic carbocycles. The number of anilines is 1. The van der Waals surface area contributed by atoms with Crippen LogP contribution in [0.4, 0.5) is 5.69 Å². The predicted octanol–water partition coefficient (Wildman–Crippen LogP) is 2.10. The molecule has 0 fully saturated rings. The summed E-state index contributed by atoms with van der Waals surface area (Å²) in [4.78, 5) is 12.8. The van der Waals surface area contributed by atoms with Crippen molar-refractivity contribution in [1.29, 1.82) is 5.26 Å². The summed E-state index contributed by atoms with van der Waals surface area (Å²) in [6, 6.07) is 3.48. The van der Waals surface area contributed by atoms with Crippen molar-refractivity contribution >= 4 is 23.0 Å². The molecule has 0 aromatic carbocycles. The Morgan fingerprint density at radius 2 is 2.47 bits per heavy atom. The summed E-state index contributed by atoms with van der Waals surface area (Å²) in [6.07, 6.45) is -0.191. The smallest absolute Gasteiger partial charge is 0.349 e. The van der Waals surface area contributed by atoms with Gasteiger partial charge in [0.15, 0.2) is 6.10 Å². The minimum Gasteiger partial charge on any atom is -0.443 e. The summed E-state index contributed by atoms with van der Waals surface area (Å²) in [7, 11) is 0. The molecule has 0 amide bonds. The highest BCUT2D eigenvalue weighted by molar-refractivity contribution is 7.14. The Balaban J connectivity index is 2.74. The van der Waals surface area contributed by atoms with Crippen LogP contribution in [0.3, 0.4) is 0 Å². The molecule has 1 rings (SSSR count). The zero-order valence-corrected chi connectivity index (χ0v) is 9.43. The maximum atomic E-state index is 11.5. The minimum atomic E-state index is -0.680. The zero-order valence-electron chi connectivity index (χ0n) is 8.61. The van der Waals surface area contributed by atoms with Gasteiger partial charge in [-0.25, -0.2) is 4.79 Å². The van der Waals surface area contributed by atoms with Gasteiger partial charge in [0.2, 0.25) is 0 Å². The van der Waals surface area contributed by atoms with Gasteiger partial charge in [-0.1, -0.05) is 6.92 Å². The Morgan fingerprint density at radius 3 is 2.87 bits per heavy atom. The van der Waals surface area contributed by atoms with Gasteiger partial charge in [0, 0.05) is 10.6 Å². The van der Waals surface area contributed by atoms with Gasteiger partial charge in [-0.15, -0.1) is 11.3 Å². The quantitative estimate of drug-likeness (QED) is 0.797. The van der Waals surface area contributed by atoms with Crippen LogP contribution < -0.4 is 5.73 Å². The Labute approximate surface area is 92.3 Å². The molecule has 1 heterocycles. The number of aryl methyl sites for hydroxylation is 1.